The highest BCUT2D eigenvalue weighted by atomic mass is 127. The van der Waals surface area contributed by atoms with E-state index in [1.807, 2.05) is 0 Å². The summed E-state index contributed by atoms with van der Waals surface area (Å²) in [6.45, 7) is 0.594. The number of halogens is 5. The number of benzene rings is 1. The molecule has 1 atom stereocenters. The fraction of sp³-hybridized carbons (Fsp3) is 0.462. The van der Waals surface area contributed by atoms with Crippen LogP contribution in [0.2, 0.25) is 5.02 Å². The topological polar surface area (TPSA) is 27.1 Å². The predicted octanol–water partition coefficient (Wildman–Crippen LogP) is 5.01. The van der Waals surface area contributed by atoms with Crippen molar-refractivity contribution in [2.75, 3.05) is 6.61 Å². The Kier molecular flexibility index (Phi) is 4.08. The average molecular weight is 431 g/mol. The Labute approximate surface area is 137 Å². The highest BCUT2D eigenvalue weighted by Crippen LogP contribution is 2.40. The maximum absolute atomic E-state index is 13.1. The van der Waals surface area contributed by atoms with Crippen molar-refractivity contribution in [1.29, 1.82) is 0 Å². The summed E-state index contributed by atoms with van der Waals surface area (Å²) in [7, 11) is 0. The van der Waals surface area contributed by atoms with E-state index in [1.54, 1.807) is 22.6 Å². The van der Waals surface area contributed by atoms with Crippen LogP contribution in [0.4, 0.5) is 13.2 Å². The van der Waals surface area contributed by atoms with Crippen LogP contribution < -0.4 is 0 Å². The Morgan fingerprint density at radius 3 is 2.76 bits per heavy atom. The molecule has 0 spiro atoms. The first-order chi connectivity index (χ1) is 9.89. The number of nitrogens with zero attached hydrogens (tertiary/aromatic N) is 2. The molecule has 3 rings (SSSR count). The van der Waals surface area contributed by atoms with E-state index in [2.05, 4.69) is 5.10 Å². The Hall–Kier alpha value is -0.540. The quantitative estimate of drug-likeness (QED) is 0.595. The Morgan fingerprint density at radius 2 is 2.14 bits per heavy atom. The van der Waals surface area contributed by atoms with Crippen molar-refractivity contribution in [3.8, 4) is 0 Å². The minimum atomic E-state index is -4.45. The third-order valence-electron chi connectivity index (χ3n) is 3.51. The predicted molar refractivity (Wildman–Crippen MR) is 81.3 cm³/mol. The second kappa shape index (κ2) is 5.58. The van der Waals surface area contributed by atoms with Crippen molar-refractivity contribution in [2.45, 2.75) is 31.7 Å². The monoisotopic (exact) mass is 430 g/mol. The first-order valence-electron chi connectivity index (χ1n) is 6.43. The molecular formula is C13H11ClF3IN2O. The van der Waals surface area contributed by atoms with Gasteiger partial charge in [-0.3, -0.25) is 0 Å². The van der Waals surface area contributed by atoms with Gasteiger partial charge in [0.1, 0.15) is 0 Å². The zero-order valence-corrected chi connectivity index (χ0v) is 13.7. The Bertz CT molecular complexity index is 680. The molecule has 21 heavy (non-hydrogen) atoms. The number of hydrogen-bond donors (Lipinski definition) is 0. The maximum Gasteiger partial charge on any atom is 0.417 e. The van der Waals surface area contributed by atoms with Gasteiger partial charge in [0, 0.05) is 15.6 Å². The summed E-state index contributed by atoms with van der Waals surface area (Å²) in [5.41, 5.74) is -0.377. The second-order valence-corrected chi connectivity index (χ2v) is 6.35. The summed E-state index contributed by atoms with van der Waals surface area (Å²) in [5.74, 6) is 0. The smallest absolute Gasteiger partial charge is 0.356 e. The number of aromatic nitrogens is 2. The summed E-state index contributed by atoms with van der Waals surface area (Å²) >= 11 is 7.71. The Balaban J connectivity index is 2.18. The van der Waals surface area contributed by atoms with E-state index in [0.717, 1.165) is 25.3 Å². The van der Waals surface area contributed by atoms with Crippen molar-refractivity contribution < 1.29 is 17.9 Å². The van der Waals surface area contributed by atoms with Crippen LogP contribution in [-0.4, -0.2) is 16.4 Å². The van der Waals surface area contributed by atoms with Crippen molar-refractivity contribution >= 4 is 45.1 Å². The van der Waals surface area contributed by atoms with E-state index in [0.29, 0.717) is 17.5 Å². The zero-order valence-electron chi connectivity index (χ0n) is 10.8. The fourth-order valence-electron chi connectivity index (χ4n) is 2.47. The first-order valence-corrected chi connectivity index (χ1v) is 7.89. The van der Waals surface area contributed by atoms with Crippen molar-refractivity contribution in [1.82, 2.24) is 9.78 Å². The molecule has 1 aliphatic rings. The molecule has 8 heteroatoms. The summed E-state index contributed by atoms with van der Waals surface area (Å²) < 4.78 is 46.4. The molecule has 1 aromatic carbocycles. The van der Waals surface area contributed by atoms with Gasteiger partial charge in [-0.2, -0.15) is 18.3 Å². The molecular weight excluding hydrogens is 420 g/mol. The van der Waals surface area contributed by atoms with E-state index in [1.165, 1.54) is 10.9 Å². The van der Waals surface area contributed by atoms with Crippen molar-refractivity contribution in [3.05, 3.63) is 26.4 Å². The molecule has 0 bridgehead atoms. The molecule has 114 valence electrons. The molecule has 2 heterocycles. The van der Waals surface area contributed by atoms with Gasteiger partial charge in [-0.25, -0.2) is 4.68 Å². The maximum atomic E-state index is 13.1. The van der Waals surface area contributed by atoms with Crippen LogP contribution >= 0.6 is 34.2 Å². The summed E-state index contributed by atoms with van der Waals surface area (Å²) in [6.07, 6.45) is -0.608. The van der Waals surface area contributed by atoms with Gasteiger partial charge in [0.15, 0.2) is 6.23 Å². The lowest BCUT2D eigenvalue weighted by Crippen LogP contribution is -2.19. The molecule has 0 saturated carbocycles. The third kappa shape index (κ3) is 2.75. The number of alkyl halides is 3. The lowest BCUT2D eigenvalue weighted by Gasteiger charge is -2.23. The van der Waals surface area contributed by atoms with Crippen molar-refractivity contribution in [3.63, 3.8) is 0 Å². The molecule has 0 amide bonds. The molecule has 1 aliphatic heterocycles. The van der Waals surface area contributed by atoms with E-state index in [4.69, 9.17) is 16.3 Å². The summed E-state index contributed by atoms with van der Waals surface area (Å²) in [4.78, 5) is 0. The van der Waals surface area contributed by atoms with Gasteiger partial charge < -0.3 is 4.74 Å². The van der Waals surface area contributed by atoms with Gasteiger partial charge in [-0.05, 0) is 47.9 Å². The minimum Gasteiger partial charge on any atom is -0.356 e. The fourth-order valence-corrected chi connectivity index (χ4v) is 3.47. The minimum absolute atomic E-state index is 0.00150. The highest BCUT2D eigenvalue weighted by Gasteiger charge is 2.35. The largest absolute Gasteiger partial charge is 0.417 e. The van der Waals surface area contributed by atoms with Crippen LogP contribution in [0, 0.1) is 3.57 Å². The zero-order chi connectivity index (χ0) is 15.2. The van der Waals surface area contributed by atoms with Gasteiger partial charge >= 0.3 is 6.18 Å². The van der Waals surface area contributed by atoms with Crippen LogP contribution in [0.3, 0.4) is 0 Å². The van der Waals surface area contributed by atoms with Crippen LogP contribution in [0.15, 0.2) is 12.3 Å². The second-order valence-electron chi connectivity index (χ2n) is 4.89. The molecule has 1 aromatic heterocycles. The molecule has 1 saturated heterocycles. The van der Waals surface area contributed by atoms with Gasteiger partial charge in [-0.15, -0.1) is 0 Å². The van der Waals surface area contributed by atoms with Gasteiger partial charge in [0.05, 0.1) is 22.3 Å². The van der Waals surface area contributed by atoms with Gasteiger partial charge in [-0.1, -0.05) is 11.6 Å². The molecule has 2 aromatic rings. The molecule has 0 aliphatic carbocycles. The summed E-state index contributed by atoms with van der Waals surface area (Å²) in [5, 5.41) is 4.78. The number of ether oxygens (including phenoxy) is 1. The van der Waals surface area contributed by atoms with E-state index in [-0.39, 0.29) is 14.8 Å². The first kappa shape index (κ1) is 15.4. The molecule has 1 fully saturated rings. The van der Waals surface area contributed by atoms with Crippen LogP contribution in [0.25, 0.3) is 10.9 Å². The lowest BCUT2D eigenvalue weighted by atomic mass is 10.1. The van der Waals surface area contributed by atoms with Gasteiger partial charge in [0.2, 0.25) is 0 Å². The SMILES string of the molecule is FC(F)(F)c1cc2c(cnn2C2CCCCO2)c(Cl)c1I. The molecule has 0 N–H and O–H groups in total. The van der Waals surface area contributed by atoms with Crippen LogP contribution in [-0.2, 0) is 10.9 Å². The highest BCUT2D eigenvalue weighted by molar-refractivity contribution is 14.1. The molecule has 3 nitrogen and oxygen atoms in total. The Morgan fingerprint density at radius 1 is 1.38 bits per heavy atom. The average Bonchev–Trinajstić information content (AvgIpc) is 2.86. The van der Waals surface area contributed by atoms with E-state index >= 15 is 0 Å². The standard InChI is InChI=1S/C13H11ClF3IN2O/c14-11-7-6-19-20(10-3-1-2-4-21-10)9(7)5-8(12(11)18)13(15,16)17/h5-6,10H,1-4H2. The summed E-state index contributed by atoms with van der Waals surface area (Å²) in [6, 6.07) is 1.11. The lowest BCUT2D eigenvalue weighted by molar-refractivity contribution is -0.138. The van der Waals surface area contributed by atoms with Crippen molar-refractivity contribution in [2.24, 2.45) is 0 Å². The molecule has 0 radical (unpaired) electrons. The molecule has 1 unspecified atom stereocenters. The van der Waals surface area contributed by atoms with E-state index < -0.39 is 11.7 Å². The number of rotatable bonds is 1. The van der Waals surface area contributed by atoms with E-state index in [9.17, 15) is 13.2 Å². The normalized spacial score (nSPS) is 20.1. The third-order valence-corrected chi connectivity index (χ3v) is 5.35. The van der Waals surface area contributed by atoms with Crippen LogP contribution in [0.5, 0.6) is 0 Å². The van der Waals surface area contributed by atoms with Crippen LogP contribution in [0.1, 0.15) is 31.1 Å². The van der Waals surface area contributed by atoms with Gasteiger partial charge in [0.25, 0.3) is 0 Å². The number of fused-ring (bicyclic) bond motifs is 1. The number of hydrogen-bond acceptors (Lipinski definition) is 2.